The van der Waals surface area contributed by atoms with E-state index in [0.717, 1.165) is 12.3 Å². The second kappa shape index (κ2) is 5.53. The van der Waals surface area contributed by atoms with Crippen LogP contribution in [0.15, 0.2) is 30.3 Å². The summed E-state index contributed by atoms with van der Waals surface area (Å²) in [6.45, 7) is 2.31. The molecule has 0 spiro atoms. The second-order valence-corrected chi connectivity index (χ2v) is 4.68. The van der Waals surface area contributed by atoms with Crippen molar-refractivity contribution in [3.05, 3.63) is 35.9 Å². The Kier molecular flexibility index (Phi) is 4.62. The van der Waals surface area contributed by atoms with Gasteiger partial charge in [-0.25, -0.2) is 0 Å². The van der Waals surface area contributed by atoms with Crippen molar-refractivity contribution in [2.45, 2.75) is 38.1 Å². The fourth-order valence-corrected chi connectivity index (χ4v) is 2.65. The summed E-state index contributed by atoms with van der Waals surface area (Å²) in [5, 5.41) is 0. The first kappa shape index (κ1) is 12.5. The molecule has 2 rings (SSSR count). The molecule has 1 aliphatic carbocycles. The predicted octanol–water partition coefficient (Wildman–Crippen LogP) is 3.34. The Bertz CT molecular complexity index is 276. The minimum atomic E-state index is 0. The molecule has 1 aromatic rings. The van der Waals surface area contributed by atoms with Gasteiger partial charge >= 0.3 is 0 Å². The third kappa shape index (κ3) is 3.22. The Morgan fingerprint density at radius 1 is 1.07 bits per heavy atom. The summed E-state index contributed by atoms with van der Waals surface area (Å²) in [7, 11) is 0. The van der Waals surface area contributed by atoms with E-state index in [1.54, 1.807) is 0 Å². The van der Waals surface area contributed by atoms with Gasteiger partial charge in [0.2, 0.25) is 0 Å². The van der Waals surface area contributed by atoms with Crippen molar-refractivity contribution in [1.29, 1.82) is 0 Å². The van der Waals surface area contributed by atoms with Crippen molar-refractivity contribution in [3.63, 3.8) is 0 Å². The maximum Gasteiger partial charge on any atom is 0.00471 e. The molecule has 84 valence electrons. The Morgan fingerprint density at radius 2 is 1.73 bits per heavy atom. The molecule has 1 saturated carbocycles. The molecule has 0 bridgehead atoms. The largest absolute Gasteiger partial charge is 0.328 e. The number of rotatable bonds is 1. The van der Waals surface area contributed by atoms with E-state index in [9.17, 15) is 0 Å². The van der Waals surface area contributed by atoms with E-state index in [1.165, 1.54) is 18.4 Å². The van der Waals surface area contributed by atoms with Gasteiger partial charge in [0.05, 0.1) is 0 Å². The minimum absolute atomic E-state index is 0. The zero-order chi connectivity index (χ0) is 9.97. The second-order valence-electron chi connectivity index (χ2n) is 4.68. The number of halogens is 1. The molecule has 0 aromatic heterocycles. The zero-order valence-corrected chi connectivity index (χ0v) is 10.0. The minimum Gasteiger partial charge on any atom is -0.328 e. The molecular weight excluding hydrogens is 206 g/mol. The fourth-order valence-electron chi connectivity index (χ4n) is 2.65. The summed E-state index contributed by atoms with van der Waals surface area (Å²) in [6, 6.07) is 11.2. The molecule has 1 aliphatic rings. The third-order valence-electron chi connectivity index (χ3n) is 3.25. The fraction of sp³-hybridized carbons (Fsp3) is 0.538. The average Bonchev–Trinajstić information content (AvgIpc) is 2.18. The van der Waals surface area contributed by atoms with Crippen LogP contribution in [0.3, 0.4) is 0 Å². The van der Waals surface area contributed by atoms with Crippen molar-refractivity contribution in [2.75, 3.05) is 0 Å². The van der Waals surface area contributed by atoms with Crippen LogP contribution in [0.2, 0.25) is 0 Å². The SMILES string of the molecule is CC1CC(N)CC(c2ccccc2)C1.Cl. The van der Waals surface area contributed by atoms with Gasteiger partial charge in [-0.2, -0.15) is 0 Å². The highest BCUT2D eigenvalue weighted by Crippen LogP contribution is 2.35. The van der Waals surface area contributed by atoms with Crippen molar-refractivity contribution < 1.29 is 0 Å². The summed E-state index contributed by atoms with van der Waals surface area (Å²) < 4.78 is 0. The van der Waals surface area contributed by atoms with Gasteiger partial charge < -0.3 is 5.73 Å². The predicted molar refractivity (Wildman–Crippen MR) is 67.4 cm³/mol. The van der Waals surface area contributed by atoms with Crippen molar-refractivity contribution in [3.8, 4) is 0 Å². The van der Waals surface area contributed by atoms with Crippen LogP contribution < -0.4 is 5.73 Å². The highest BCUT2D eigenvalue weighted by atomic mass is 35.5. The van der Waals surface area contributed by atoms with E-state index in [2.05, 4.69) is 37.3 Å². The van der Waals surface area contributed by atoms with E-state index >= 15 is 0 Å². The van der Waals surface area contributed by atoms with Gasteiger partial charge in [-0.15, -0.1) is 12.4 Å². The van der Waals surface area contributed by atoms with Crippen molar-refractivity contribution >= 4 is 12.4 Å². The van der Waals surface area contributed by atoms with Crippen LogP contribution in [-0.2, 0) is 0 Å². The monoisotopic (exact) mass is 225 g/mol. The Morgan fingerprint density at radius 3 is 2.33 bits per heavy atom. The number of benzene rings is 1. The molecule has 1 fully saturated rings. The van der Waals surface area contributed by atoms with Gasteiger partial charge in [0.1, 0.15) is 0 Å². The van der Waals surface area contributed by atoms with Gasteiger partial charge in [-0.3, -0.25) is 0 Å². The molecule has 2 heteroatoms. The van der Waals surface area contributed by atoms with Crippen LogP contribution in [0, 0.1) is 5.92 Å². The van der Waals surface area contributed by atoms with Gasteiger partial charge in [-0.05, 0) is 36.7 Å². The highest BCUT2D eigenvalue weighted by molar-refractivity contribution is 5.85. The van der Waals surface area contributed by atoms with Crippen LogP contribution in [0.4, 0.5) is 0 Å². The number of nitrogens with two attached hydrogens (primary N) is 1. The zero-order valence-electron chi connectivity index (χ0n) is 9.23. The van der Waals surface area contributed by atoms with E-state index in [0.29, 0.717) is 12.0 Å². The molecule has 0 amide bonds. The van der Waals surface area contributed by atoms with Gasteiger partial charge in [0.25, 0.3) is 0 Å². The highest BCUT2D eigenvalue weighted by Gasteiger charge is 2.24. The van der Waals surface area contributed by atoms with Crippen LogP contribution in [0.5, 0.6) is 0 Å². The first-order valence-electron chi connectivity index (χ1n) is 5.56. The Hall–Kier alpha value is -0.530. The van der Waals surface area contributed by atoms with Crippen LogP contribution >= 0.6 is 12.4 Å². The summed E-state index contributed by atoms with van der Waals surface area (Å²) in [5.74, 6) is 1.47. The van der Waals surface area contributed by atoms with Crippen LogP contribution in [0.25, 0.3) is 0 Å². The summed E-state index contributed by atoms with van der Waals surface area (Å²) in [5.41, 5.74) is 7.52. The topological polar surface area (TPSA) is 26.0 Å². The maximum absolute atomic E-state index is 6.05. The van der Waals surface area contributed by atoms with Crippen molar-refractivity contribution in [1.82, 2.24) is 0 Å². The molecule has 0 radical (unpaired) electrons. The molecule has 0 aliphatic heterocycles. The molecule has 3 unspecified atom stereocenters. The quantitative estimate of drug-likeness (QED) is 0.780. The lowest BCUT2D eigenvalue weighted by Gasteiger charge is -2.31. The standard InChI is InChI=1S/C13H19N.ClH/c1-10-7-12(9-13(14)8-10)11-5-3-2-4-6-11;/h2-6,10,12-13H,7-9,14H2,1H3;1H. The van der Waals surface area contributed by atoms with Gasteiger partial charge in [0, 0.05) is 6.04 Å². The van der Waals surface area contributed by atoms with Gasteiger partial charge in [-0.1, -0.05) is 37.3 Å². The molecule has 0 heterocycles. The summed E-state index contributed by atoms with van der Waals surface area (Å²) in [4.78, 5) is 0. The molecule has 15 heavy (non-hydrogen) atoms. The van der Waals surface area contributed by atoms with E-state index in [-0.39, 0.29) is 12.4 Å². The molecule has 3 atom stereocenters. The third-order valence-corrected chi connectivity index (χ3v) is 3.25. The first-order valence-corrected chi connectivity index (χ1v) is 5.56. The average molecular weight is 226 g/mol. The number of hydrogen-bond acceptors (Lipinski definition) is 1. The van der Waals surface area contributed by atoms with E-state index in [4.69, 9.17) is 5.73 Å². The molecule has 0 saturated heterocycles. The smallest absolute Gasteiger partial charge is 0.00471 e. The lowest BCUT2D eigenvalue weighted by Crippen LogP contribution is -2.30. The lowest BCUT2D eigenvalue weighted by atomic mass is 9.77. The van der Waals surface area contributed by atoms with Gasteiger partial charge in [0.15, 0.2) is 0 Å². The summed E-state index contributed by atoms with van der Waals surface area (Å²) >= 11 is 0. The van der Waals surface area contributed by atoms with E-state index in [1.807, 2.05) is 0 Å². The Labute approximate surface area is 98.5 Å². The maximum atomic E-state index is 6.05. The Balaban J connectivity index is 0.00000112. The molecule has 1 aromatic carbocycles. The van der Waals surface area contributed by atoms with Crippen molar-refractivity contribution in [2.24, 2.45) is 11.7 Å². The van der Waals surface area contributed by atoms with E-state index < -0.39 is 0 Å². The first-order chi connectivity index (χ1) is 6.75. The molecular formula is C13H20ClN. The summed E-state index contributed by atoms with van der Waals surface area (Å²) in [6.07, 6.45) is 3.66. The van der Waals surface area contributed by atoms with Crippen LogP contribution in [0.1, 0.15) is 37.7 Å². The molecule has 2 N–H and O–H groups in total. The van der Waals surface area contributed by atoms with Crippen LogP contribution in [-0.4, -0.2) is 6.04 Å². The number of hydrogen-bond donors (Lipinski definition) is 1. The normalized spacial score (nSPS) is 30.7. The lowest BCUT2D eigenvalue weighted by molar-refractivity contribution is 0.308. The molecule has 1 nitrogen and oxygen atoms in total.